The Labute approximate surface area is 94.9 Å². The van der Waals surface area contributed by atoms with E-state index in [0.29, 0.717) is 0 Å². The SMILES string of the molecule is NC(=O)c1c(Br)cnc(Br)c1C(F)F. The van der Waals surface area contributed by atoms with E-state index in [4.69, 9.17) is 5.73 Å². The van der Waals surface area contributed by atoms with Crippen molar-refractivity contribution >= 4 is 37.8 Å². The molecular formula is C7H4Br2F2N2O. The maximum Gasteiger partial charge on any atom is 0.267 e. The van der Waals surface area contributed by atoms with Crippen LogP contribution in [0, 0.1) is 0 Å². The van der Waals surface area contributed by atoms with E-state index in [-0.39, 0.29) is 14.6 Å². The molecule has 0 radical (unpaired) electrons. The van der Waals surface area contributed by atoms with Gasteiger partial charge in [-0.25, -0.2) is 13.8 Å². The van der Waals surface area contributed by atoms with Gasteiger partial charge in [0.05, 0.1) is 11.1 Å². The zero-order valence-electron chi connectivity index (χ0n) is 6.60. The predicted molar refractivity (Wildman–Crippen MR) is 53.1 cm³/mol. The van der Waals surface area contributed by atoms with Crippen LogP contribution in [0.25, 0.3) is 0 Å². The minimum absolute atomic E-state index is 0.0792. The van der Waals surface area contributed by atoms with Crippen LogP contribution in [0.5, 0.6) is 0 Å². The number of alkyl halides is 2. The van der Waals surface area contributed by atoms with Gasteiger partial charge in [-0.05, 0) is 31.9 Å². The van der Waals surface area contributed by atoms with Gasteiger partial charge in [0.1, 0.15) is 4.60 Å². The van der Waals surface area contributed by atoms with E-state index in [9.17, 15) is 13.6 Å². The van der Waals surface area contributed by atoms with Gasteiger partial charge in [-0.15, -0.1) is 0 Å². The summed E-state index contributed by atoms with van der Waals surface area (Å²) in [6, 6.07) is 0. The number of aromatic nitrogens is 1. The highest BCUT2D eigenvalue weighted by Gasteiger charge is 2.23. The van der Waals surface area contributed by atoms with Crippen molar-refractivity contribution in [2.45, 2.75) is 6.43 Å². The first-order valence-electron chi connectivity index (χ1n) is 3.37. The standard InChI is InChI=1S/C7H4Br2F2N2O/c8-2-1-13-5(9)4(6(10)11)3(2)7(12)14/h1,6H,(H2,12,14). The van der Waals surface area contributed by atoms with E-state index in [2.05, 4.69) is 36.8 Å². The molecule has 0 fully saturated rings. The number of pyridine rings is 1. The zero-order chi connectivity index (χ0) is 10.9. The van der Waals surface area contributed by atoms with Crippen molar-refractivity contribution in [3.05, 3.63) is 26.4 Å². The topological polar surface area (TPSA) is 56.0 Å². The summed E-state index contributed by atoms with van der Waals surface area (Å²) in [6.07, 6.45) is -1.58. The molecular weight excluding hydrogens is 326 g/mol. The average molecular weight is 330 g/mol. The minimum Gasteiger partial charge on any atom is -0.366 e. The molecule has 0 saturated heterocycles. The van der Waals surface area contributed by atoms with Crippen LogP contribution in [0.15, 0.2) is 15.3 Å². The fourth-order valence-electron chi connectivity index (χ4n) is 0.929. The number of amides is 1. The lowest BCUT2D eigenvalue weighted by atomic mass is 10.1. The molecule has 3 nitrogen and oxygen atoms in total. The number of nitrogens with zero attached hydrogens (tertiary/aromatic N) is 1. The van der Waals surface area contributed by atoms with E-state index < -0.39 is 17.9 Å². The van der Waals surface area contributed by atoms with E-state index >= 15 is 0 Å². The molecule has 2 N–H and O–H groups in total. The van der Waals surface area contributed by atoms with Crippen molar-refractivity contribution in [3.63, 3.8) is 0 Å². The first-order chi connectivity index (χ1) is 6.45. The molecule has 7 heteroatoms. The van der Waals surface area contributed by atoms with E-state index in [1.165, 1.54) is 6.20 Å². The number of carbonyl (C=O) groups is 1. The normalized spacial score (nSPS) is 10.6. The molecule has 0 aliphatic heterocycles. The molecule has 1 aromatic rings. The largest absolute Gasteiger partial charge is 0.366 e. The number of nitrogens with two attached hydrogens (primary N) is 1. The Balaban J connectivity index is 3.50. The summed E-state index contributed by atoms with van der Waals surface area (Å²) in [5.74, 6) is -0.921. The molecule has 1 aromatic heterocycles. The summed E-state index contributed by atoms with van der Waals surface area (Å²) in [6.45, 7) is 0. The van der Waals surface area contributed by atoms with Crippen LogP contribution in [-0.2, 0) is 0 Å². The van der Waals surface area contributed by atoms with Crippen molar-refractivity contribution in [3.8, 4) is 0 Å². The highest BCUT2D eigenvalue weighted by atomic mass is 79.9. The smallest absolute Gasteiger partial charge is 0.267 e. The van der Waals surface area contributed by atoms with Crippen LogP contribution in [0.3, 0.4) is 0 Å². The van der Waals surface area contributed by atoms with Crippen LogP contribution in [0.2, 0.25) is 0 Å². The number of hydrogen-bond donors (Lipinski definition) is 1. The maximum atomic E-state index is 12.5. The minimum atomic E-state index is -2.81. The van der Waals surface area contributed by atoms with Crippen molar-refractivity contribution < 1.29 is 13.6 Å². The Kier molecular flexibility index (Phi) is 3.54. The van der Waals surface area contributed by atoms with Gasteiger partial charge in [0.25, 0.3) is 6.43 Å². The van der Waals surface area contributed by atoms with Crippen molar-refractivity contribution in [1.29, 1.82) is 0 Å². The zero-order valence-corrected chi connectivity index (χ0v) is 9.77. The maximum absolute atomic E-state index is 12.5. The molecule has 0 spiro atoms. The summed E-state index contributed by atoms with van der Waals surface area (Å²) in [7, 11) is 0. The fraction of sp³-hybridized carbons (Fsp3) is 0.143. The number of primary amides is 1. The van der Waals surface area contributed by atoms with Crippen LogP contribution >= 0.6 is 31.9 Å². The van der Waals surface area contributed by atoms with Gasteiger partial charge in [-0.3, -0.25) is 4.79 Å². The summed E-state index contributed by atoms with van der Waals surface area (Å²) in [5, 5.41) is 0. The van der Waals surface area contributed by atoms with Crippen LogP contribution in [0.1, 0.15) is 22.3 Å². The Hall–Kier alpha value is -0.560. The molecule has 0 atom stereocenters. The third kappa shape index (κ3) is 2.09. The lowest BCUT2D eigenvalue weighted by molar-refractivity contribution is 0.0984. The monoisotopic (exact) mass is 328 g/mol. The average Bonchev–Trinajstić information content (AvgIpc) is 2.07. The van der Waals surface area contributed by atoms with Crippen LogP contribution in [-0.4, -0.2) is 10.9 Å². The lowest BCUT2D eigenvalue weighted by Gasteiger charge is -2.08. The number of halogens is 4. The number of carbonyl (C=O) groups excluding carboxylic acids is 1. The third-order valence-electron chi connectivity index (χ3n) is 1.49. The van der Waals surface area contributed by atoms with E-state index in [0.717, 1.165) is 0 Å². The summed E-state index contributed by atoms with van der Waals surface area (Å²) in [5.41, 5.74) is 4.23. The second-order valence-electron chi connectivity index (χ2n) is 2.35. The molecule has 0 aromatic carbocycles. The molecule has 14 heavy (non-hydrogen) atoms. The molecule has 1 heterocycles. The van der Waals surface area contributed by atoms with Crippen LogP contribution in [0.4, 0.5) is 8.78 Å². The fourth-order valence-corrected chi connectivity index (χ4v) is 1.91. The first kappa shape index (κ1) is 11.5. The number of hydrogen-bond acceptors (Lipinski definition) is 2. The highest BCUT2D eigenvalue weighted by molar-refractivity contribution is 9.11. The van der Waals surface area contributed by atoms with Gasteiger partial charge >= 0.3 is 0 Å². The summed E-state index contributed by atoms with van der Waals surface area (Å²) >= 11 is 5.76. The van der Waals surface area contributed by atoms with Crippen molar-refractivity contribution in [1.82, 2.24) is 4.98 Å². The molecule has 0 unspecified atom stereocenters. The van der Waals surface area contributed by atoms with Crippen LogP contribution < -0.4 is 5.73 Å². The van der Waals surface area contributed by atoms with Gasteiger partial charge < -0.3 is 5.73 Å². The van der Waals surface area contributed by atoms with Crippen molar-refractivity contribution in [2.24, 2.45) is 5.73 Å². The molecule has 0 bridgehead atoms. The third-order valence-corrected chi connectivity index (χ3v) is 2.72. The summed E-state index contributed by atoms with van der Waals surface area (Å²) < 4.78 is 25.1. The molecule has 0 aliphatic carbocycles. The highest BCUT2D eigenvalue weighted by Crippen LogP contribution is 2.32. The van der Waals surface area contributed by atoms with Gasteiger partial charge in [0.15, 0.2) is 0 Å². The number of rotatable bonds is 2. The molecule has 1 rings (SSSR count). The lowest BCUT2D eigenvalue weighted by Crippen LogP contribution is -2.16. The van der Waals surface area contributed by atoms with Gasteiger partial charge in [0, 0.05) is 10.7 Å². The second kappa shape index (κ2) is 4.31. The Morgan fingerprint density at radius 3 is 2.43 bits per heavy atom. The van der Waals surface area contributed by atoms with Gasteiger partial charge in [0.2, 0.25) is 5.91 Å². The van der Waals surface area contributed by atoms with E-state index in [1.54, 1.807) is 0 Å². The van der Waals surface area contributed by atoms with E-state index in [1.807, 2.05) is 0 Å². The second-order valence-corrected chi connectivity index (χ2v) is 3.96. The molecule has 0 aliphatic rings. The molecule has 0 saturated carbocycles. The van der Waals surface area contributed by atoms with Gasteiger partial charge in [-0.2, -0.15) is 0 Å². The Morgan fingerprint density at radius 1 is 1.50 bits per heavy atom. The Morgan fingerprint density at radius 2 is 2.07 bits per heavy atom. The quantitative estimate of drug-likeness (QED) is 0.848. The molecule has 1 amide bonds. The van der Waals surface area contributed by atoms with Crippen molar-refractivity contribution in [2.75, 3.05) is 0 Å². The first-order valence-corrected chi connectivity index (χ1v) is 4.95. The predicted octanol–water partition coefficient (Wildman–Crippen LogP) is 2.64. The van der Waals surface area contributed by atoms with Gasteiger partial charge in [-0.1, -0.05) is 0 Å². The summed E-state index contributed by atoms with van der Waals surface area (Å²) in [4.78, 5) is 14.5. The Bertz CT molecular complexity index is 384. The molecule has 76 valence electrons.